The molecular formula is C26H24FN3O4. The van der Waals surface area contributed by atoms with Crippen molar-refractivity contribution in [2.75, 3.05) is 12.4 Å². The molecule has 2 unspecified atom stereocenters. The van der Waals surface area contributed by atoms with Gasteiger partial charge >= 0.3 is 5.97 Å². The van der Waals surface area contributed by atoms with Crippen LogP contribution in [-0.4, -0.2) is 33.9 Å². The molecule has 0 amide bonds. The predicted octanol–water partition coefficient (Wildman–Crippen LogP) is 5.32. The van der Waals surface area contributed by atoms with E-state index in [1.54, 1.807) is 36.8 Å². The molecule has 0 aliphatic heterocycles. The maximum absolute atomic E-state index is 13.8. The number of aromatic nitrogens is 2. The van der Waals surface area contributed by atoms with E-state index in [0.717, 1.165) is 11.1 Å². The van der Waals surface area contributed by atoms with Crippen molar-refractivity contribution < 1.29 is 23.8 Å². The second-order valence-electron chi connectivity index (χ2n) is 8.08. The lowest BCUT2D eigenvalue weighted by Gasteiger charge is -2.19. The lowest BCUT2D eigenvalue weighted by molar-refractivity contribution is -0.137. The number of nitrogens with one attached hydrogen (secondary N) is 2. The van der Waals surface area contributed by atoms with E-state index in [4.69, 9.17) is 4.74 Å². The monoisotopic (exact) mass is 461 g/mol. The van der Waals surface area contributed by atoms with Crippen LogP contribution < -0.4 is 10.1 Å². The van der Waals surface area contributed by atoms with Crippen LogP contribution in [0, 0.1) is 5.82 Å². The van der Waals surface area contributed by atoms with Crippen LogP contribution in [0.5, 0.6) is 5.75 Å². The van der Waals surface area contributed by atoms with Gasteiger partial charge in [0.25, 0.3) is 0 Å². The standard InChI is InChI=1S/C26H24FN3O4/c1-15(10-23(31)32)20-4-3-5-21-22(14-29-25(20)21)26(33)24(16-6-8-17(27)9-7-16)30-18-11-19(34-2)13-28-12-18/h3-9,11-15,24,29-30H,10H2,1-2H3,(H,31,32). The zero-order valence-electron chi connectivity index (χ0n) is 18.7. The Balaban J connectivity index is 1.75. The maximum atomic E-state index is 13.8. The van der Waals surface area contributed by atoms with Crippen LogP contribution in [0.4, 0.5) is 10.1 Å². The summed E-state index contributed by atoms with van der Waals surface area (Å²) < 4.78 is 18.8. The van der Waals surface area contributed by atoms with E-state index in [1.165, 1.54) is 19.2 Å². The van der Waals surface area contributed by atoms with E-state index in [1.807, 2.05) is 25.1 Å². The third-order valence-electron chi connectivity index (χ3n) is 5.75. The van der Waals surface area contributed by atoms with Crippen molar-refractivity contribution in [2.24, 2.45) is 0 Å². The number of pyridine rings is 1. The number of fused-ring (bicyclic) bond motifs is 1. The number of benzene rings is 2. The maximum Gasteiger partial charge on any atom is 0.303 e. The first-order chi connectivity index (χ1) is 16.4. The number of Topliss-reactive ketones (excluding diaryl/α,β-unsaturated/α-hetero) is 1. The van der Waals surface area contributed by atoms with Crippen LogP contribution in [-0.2, 0) is 4.79 Å². The van der Waals surface area contributed by atoms with E-state index in [2.05, 4.69) is 15.3 Å². The SMILES string of the molecule is COc1cncc(NC(C(=O)c2c[nH]c3c(C(C)CC(=O)O)cccc23)c2ccc(F)cc2)c1. The van der Waals surface area contributed by atoms with Gasteiger partial charge in [-0.1, -0.05) is 37.3 Å². The van der Waals surface area contributed by atoms with Gasteiger partial charge in [-0.2, -0.15) is 0 Å². The fourth-order valence-corrected chi connectivity index (χ4v) is 4.05. The van der Waals surface area contributed by atoms with E-state index in [9.17, 15) is 19.1 Å². The molecule has 0 radical (unpaired) electrons. The number of carboxylic acids is 1. The van der Waals surface area contributed by atoms with Crippen LogP contribution in [0.2, 0.25) is 0 Å². The van der Waals surface area contributed by atoms with Crippen molar-refractivity contribution in [3.63, 3.8) is 0 Å². The molecule has 174 valence electrons. The molecule has 0 saturated carbocycles. The van der Waals surface area contributed by atoms with Gasteiger partial charge in [0, 0.05) is 28.7 Å². The highest BCUT2D eigenvalue weighted by Crippen LogP contribution is 2.32. The molecule has 4 aromatic rings. The first kappa shape index (κ1) is 23.0. The highest BCUT2D eigenvalue weighted by molar-refractivity contribution is 6.12. The number of nitrogens with zero attached hydrogens (tertiary/aromatic N) is 1. The third-order valence-corrected chi connectivity index (χ3v) is 5.75. The Labute approximate surface area is 195 Å². The molecule has 0 bridgehead atoms. The number of rotatable bonds is 9. The van der Waals surface area contributed by atoms with Crippen molar-refractivity contribution in [3.05, 3.63) is 89.6 Å². The second-order valence-corrected chi connectivity index (χ2v) is 8.08. The quantitative estimate of drug-likeness (QED) is 0.291. The summed E-state index contributed by atoms with van der Waals surface area (Å²) in [5.41, 5.74) is 3.14. The van der Waals surface area contributed by atoms with Crippen LogP contribution in [0.1, 0.15) is 46.8 Å². The Morgan fingerprint density at radius 1 is 1.18 bits per heavy atom. The Hall–Kier alpha value is -4.20. The Morgan fingerprint density at radius 2 is 1.94 bits per heavy atom. The van der Waals surface area contributed by atoms with Crippen LogP contribution >= 0.6 is 0 Å². The van der Waals surface area contributed by atoms with Crippen molar-refractivity contribution >= 4 is 28.3 Å². The number of anilines is 1. The average Bonchev–Trinajstić information content (AvgIpc) is 3.27. The van der Waals surface area contributed by atoms with Gasteiger partial charge in [0.1, 0.15) is 17.6 Å². The molecule has 2 atom stereocenters. The van der Waals surface area contributed by atoms with Gasteiger partial charge in [0.15, 0.2) is 5.78 Å². The molecule has 2 aromatic heterocycles. The normalized spacial score (nSPS) is 12.8. The summed E-state index contributed by atoms with van der Waals surface area (Å²) >= 11 is 0. The average molecular weight is 461 g/mol. The number of aromatic amines is 1. The van der Waals surface area contributed by atoms with Crippen molar-refractivity contribution in [1.29, 1.82) is 0 Å². The molecule has 0 aliphatic carbocycles. The number of halogens is 1. The largest absolute Gasteiger partial charge is 0.495 e. The van der Waals surface area contributed by atoms with Crippen LogP contribution in [0.25, 0.3) is 10.9 Å². The lowest BCUT2D eigenvalue weighted by Crippen LogP contribution is -2.21. The molecule has 4 rings (SSSR count). The highest BCUT2D eigenvalue weighted by Gasteiger charge is 2.26. The van der Waals surface area contributed by atoms with Crippen LogP contribution in [0.15, 0.2) is 67.1 Å². The summed E-state index contributed by atoms with van der Waals surface area (Å²) in [6, 6.07) is 12.1. The number of hydrogen-bond donors (Lipinski definition) is 3. The summed E-state index contributed by atoms with van der Waals surface area (Å²) in [5.74, 6) is -1.23. The molecule has 0 spiro atoms. The van der Waals surface area contributed by atoms with E-state index in [0.29, 0.717) is 28.0 Å². The summed E-state index contributed by atoms with van der Waals surface area (Å²) in [5, 5.41) is 13.1. The number of para-hydroxylation sites is 1. The lowest BCUT2D eigenvalue weighted by atomic mass is 9.93. The van der Waals surface area contributed by atoms with Crippen molar-refractivity contribution in [3.8, 4) is 5.75 Å². The molecule has 3 N–H and O–H groups in total. The molecule has 34 heavy (non-hydrogen) atoms. The summed E-state index contributed by atoms with van der Waals surface area (Å²) in [6.07, 6.45) is 4.74. The fourth-order valence-electron chi connectivity index (χ4n) is 4.05. The number of carbonyl (C=O) groups is 2. The number of methoxy groups -OCH3 is 1. The number of ketones is 1. The predicted molar refractivity (Wildman–Crippen MR) is 127 cm³/mol. The van der Waals surface area contributed by atoms with Gasteiger partial charge in [-0.15, -0.1) is 0 Å². The molecule has 0 fully saturated rings. The molecule has 2 aromatic carbocycles. The van der Waals surface area contributed by atoms with E-state index < -0.39 is 17.8 Å². The van der Waals surface area contributed by atoms with E-state index >= 15 is 0 Å². The molecule has 8 heteroatoms. The van der Waals surface area contributed by atoms with Gasteiger partial charge in [-0.25, -0.2) is 4.39 Å². The Morgan fingerprint density at radius 3 is 2.65 bits per heavy atom. The summed E-state index contributed by atoms with van der Waals surface area (Å²) in [6.45, 7) is 1.84. The van der Waals surface area contributed by atoms with Gasteiger partial charge in [0.05, 0.1) is 31.6 Å². The van der Waals surface area contributed by atoms with Gasteiger partial charge in [-0.05, 0) is 29.2 Å². The minimum atomic E-state index is -0.889. The zero-order valence-corrected chi connectivity index (χ0v) is 18.7. The topological polar surface area (TPSA) is 104 Å². The zero-order chi connectivity index (χ0) is 24.2. The summed E-state index contributed by atoms with van der Waals surface area (Å²) in [4.78, 5) is 32.3. The van der Waals surface area contributed by atoms with Crippen molar-refractivity contribution in [2.45, 2.75) is 25.3 Å². The molecular weight excluding hydrogens is 437 g/mol. The smallest absolute Gasteiger partial charge is 0.303 e. The molecule has 7 nitrogen and oxygen atoms in total. The third kappa shape index (κ3) is 4.76. The Bertz CT molecular complexity index is 1330. The van der Waals surface area contributed by atoms with Gasteiger partial charge in [0.2, 0.25) is 0 Å². The van der Waals surface area contributed by atoms with Gasteiger partial charge in [-0.3, -0.25) is 14.6 Å². The van der Waals surface area contributed by atoms with Gasteiger partial charge < -0.3 is 20.1 Å². The molecule has 0 saturated heterocycles. The first-order valence-electron chi connectivity index (χ1n) is 10.7. The van der Waals surface area contributed by atoms with Crippen molar-refractivity contribution in [1.82, 2.24) is 9.97 Å². The number of H-pyrrole nitrogens is 1. The number of carbonyl (C=O) groups excluding carboxylic acids is 1. The number of hydrogen-bond acceptors (Lipinski definition) is 5. The number of ether oxygens (including phenoxy) is 1. The number of aliphatic carboxylic acids is 1. The molecule has 2 heterocycles. The fraction of sp³-hybridized carbons (Fsp3) is 0.192. The minimum absolute atomic E-state index is 0.0238. The Kier molecular flexibility index (Phi) is 6.58. The minimum Gasteiger partial charge on any atom is -0.495 e. The van der Waals surface area contributed by atoms with E-state index in [-0.39, 0.29) is 18.1 Å². The first-order valence-corrected chi connectivity index (χ1v) is 10.7. The highest BCUT2D eigenvalue weighted by atomic mass is 19.1. The number of carboxylic acid groups (broad SMARTS) is 1. The van der Waals surface area contributed by atoms with Crippen LogP contribution in [0.3, 0.4) is 0 Å². The molecule has 0 aliphatic rings. The second kappa shape index (κ2) is 9.74. The summed E-state index contributed by atoms with van der Waals surface area (Å²) in [7, 11) is 1.53.